The number of rotatable bonds is 6. The number of carbonyl (C=O) groups excluding carboxylic acids is 1. The molecule has 0 N–H and O–H groups in total. The summed E-state index contributed by atoms with van der Waals surface area (Å²) in [6, 6.07) is 14.1. The van der Waals surface area contributed by atoms with Crippen LogP contribution in [0.5, 0.6) is 5.75 Å². The maximum absolute atomic E-state index is 12.2. The van der Waals surface area contributed by atoms with Crippen LogP contribution in [0, 0.1) is 0 Å². The molecule has 0 aliphatic carbocycles. The zero-order valence-electron chi connectivity index (χ0n) is 13.9. The third-order valence-corrected chi connectivity index (χ3v) is 5.46. The van der Waals surface area contributed by atoms with Crippen LogP contribution in [0.25, 0.3) is 14.8 Å². The molecule has 3 aromatic heterocycles. The molecule has 0 unspecified atom stereocenters. The van der Waals surface area contributed by atoms with E-state index in [1.165, 1.54) is 21.9 Å². The second kappa shape index (κ2) is 7.68. The number of esters is 1. The van der Waals surface area contributed by atoms with Crippen molar-refractivity contribution in [2.45, 2.75) is 6.61 Å². The minimum atomic E-state index is -0.538. The molecule has 4 rings (SSSR count). The zero-order valence-corrected chi connectivity index (χ0v) is 15.5. The van der Waals surface area contributed by atoms with Crippen LogP contribution in [0.2, 0.25) is 0 Å². The van der Waals surface area contributed by atoms with E-state index in [1.54, 1.807) is 23.5 Å². The standard InChI is InChI=1S/C18H13N3O4S2/c22-15-9-12(10-25-16(23)11-24-13-5-2-1-3-6-13)19-18-21(15)20-17(27-18)14-7-4-8-26-14/h1-9H,10-11H2. The summed E-state index contributed by atoms with van der Waals surface area (Å²) in [5, 5.41) is 6.96. The number of benzene rings is 1. The largest absolute Gasteiger partial charge is 0.482 e. The Bertz CT molecular complexity index is 1120. The molecule has 0 fully saturated rings. The van der Waals surface area contributed by atoms with Gasteiger partial charge in [-0.15, -0.1) is 11.3 Å². The molecular formula is C18H13N3O4S2. The molecule has 136 valence electrons. The Morgan fingerprint density at radius 2 is 2.00 bits per heavy atom. The fourth-order valence-corrected chi connectivity index (χ4v) is 4.00. The molecule has 27 heavy (non-hydrogen) atoms. The summed E-state index contributed by atoms with van der Waals surface area (Å²) in [4.78, 5) is 29.9. The van der Waals surface area contributed by atoms with Crippen LogP contribution in [-0.2, 0) is 16.1 Å². The molecule has 7 nitrogen and oxygen atoms in total. The van der Waals surface area contributed by atoms with Crippen LogP contribution < -0.4 is 10.3 Å². The Morgan fingerprint density at radius 1 is 1.15 bits per heavy atom. The number of aromatic nitrogens is 3. The van der Waals surface area contributed by atoms with Crippen molar-refractivity contribution in [2.24, 2.45) is 0 Å². The van der Waals surface area contributed by atoms with Crippen LogP contribution in [0.15, 0.2) is 58.7 Å². The van der Waals surface area contributed by atoms with Crippen molar-refractivity contribution in [1.82, 2.24) is 14.6 Å². The first-order valence-electron chi connectivity index (χ1n) is 7.96. The molecule has 4 aromatic rings. The van der Waals surface area contributed by atoms with Crippen molar-refractivity contribution in [3.63, 3.8) is 0 Å². The molecule has 0 atom stereocenters. The molecule has 0 saturated carbocycles. The average Bonchev–Trinajstić information content (AvgIpc) is 3.35. The van der Waals surface area contributed by atoms with Crippen molar-refractivity contribution >= 4 is 33.6 Å². The smallest absolute Gasteiger partial charge is 0.344 e. The van der Waals surface area contributed by atoms with Gasteiger partial charge < -0.3 is 9.47 Å². The van der Waals surface area contributed by atoms with Crippen LogP contribution in [0.4, 0.5) is 0 Å². The predicted molar refractivity (Wildman–Crippen MR) is 102 cm³/mol. The minimum absolute atomic E-state index is 0.102. The fraction of sp³-hybridized carbons (Fsp3) is 0.111. The first-order chi connectivity index (χ1) is 13.2. The highest BCUT2D eigenvalue weighted by Crippen LogP contribution is 2.28. The average molecular weight is 399 g/mol. The highest BCUT2D eigenvalue weighted by molar-refractivity contribution is 7.23. The molecule has 0 bridgehead atoms. The topological polar surface area (TPSA) is 82.8 Å². The number of ether oxygens (including phenoxy) is 2. The molecule has 9 heteroatoms. The van der Waals surface area contributed by atoms with Gasteiger partial charge in [0.1, 0.15) is 12.4 Å². The third-order valence-electron chi connectivity index (χ3n) is 3.51. The first kappa shape index (κ1) is 17.4. The van der Waals surface area contributed by atoms with E-state index in [-0.39, 0.29) is 18.8 Å². The Kier molecular flexibility index (Phi) is 4.95. The molecule has 0 amide bonds. The molecule has 0 aliphatic rings. The molecule has 0 radical (unpaired) electrons. The SMILES string of the molecule is O=C(COc1ccccc1)OCc1cc(=O)n2nc(-c3cccs3)sc2n1. The first-order valence-corrected chi connectivity index (χ1v) is 9.66. The van der Waals surface area contributed by atoms with Gasteiger partial charge in [-0.25, -0.2) is 9.78 Å². The summed E-state index contributed by atoms with van der Waals surface area (Å²) in [7, 11) is 0. The quantitative estimate of drug-likeness (QED) is 0.464. The van der Waals surface area contributed by atoms with E-state index in [0.717, 1.165) is 9.88 Å². The van der Waals surface area contributed by atoms with Crippen molar-refractivity contribution in [3.8, 4) is 15.6 Å². The van der Waals surface area contributed by atoms with E-state index < -0.39 is 5.97 Å². The van der Waals surface area contributed by atoms with Crippen molar-refractivity contribution in [3.05, 3.63) is 70.0 Å². The van der Waals surface area contributed by atoms with Gasteiger partial charge in [0.05, 0.1) is 10.6 Å². The summed E-state index contributed by atoms with van der Waals surface area (Å²) in [6.45, 7) is -0.316. The van der Waals surface area contributed by atoms with E-state index in [2.05, 4.69) is 10.1 Å². The van der Waals surface area contributed by atoms with Gasteiger partial charge >= 0.3 is 5.97 Å². The summed E-state index contributed by atoms with van der Waals surface area (Å²) >= 11 is 2.85. The molecule has 1 aromatic carbocycles. The normalized spacial score (nSPS) is 10.8. The summed E-state index contributed by atoms with van der Waals surface area (Å²) in [6.07, 6.45) is 0. The summed E-state index contributed by atoms with van der Waals surface area (Å²) in [5.74, 6) is 0.0439. The van der Waals surface area contributed by atoms with Crippen molar-refractivity contribution < 1.29 is 14.3 Å². The van der Waals surface area contributed by atoms with Gasteiger partial charge in [-0.3, -0.25) is 4.79 Å². The molecule has 0 aliphatic heterocycles. The van der Waals surface area contributed by atoms with Crippen LogP contribution in [-0.4, -0.2) is 27.2 Å². The number of carbonyl (C=O) groups is 1. The number of thiophene rings is 1. The fourth-order valence-electron chi connectivity index (χ4n) is 2.29. The van der Waals surface area contributed by atoms with Crippen molar-refractivity contribution in [1.29, 1.82) is 0 Å². The monoisotopic (exact) mass is 399 g/mol. The highest BCUT2D eigenvalue weighted by atomic mass is 32.1. The zero-order chi connectivity index (χ0) is 18.6. The number of hydrogen-bond acceptors (Lipinski definition) is 8. The van der Waals surface area contributed by atoms with E-state index in [4.69, 9.17) is 9.47 Å². The maximum atomic E-state index is 12.2. The van der Waals surface area contributed by atoms with Crippen LogP contribution in [0.3, 0.4) is 0 Å². The van der Waals surface area contributed by atoms with Gasteiger partial charge in [-0.2, -0.15) is 9.61 Å². The number of para-hydroxylation sites is 1. The molecular weight excluding hydrogens is 386 g/mol. The summed E-state index contributed by atoms with van der Waals surface area (Å²) < 4.78 is 11.7. The van der Waals surface area contributed by atoms with Gasteiger partial charge in [0, 0.05) is 6.07 Å². The lowest BCUT2D eigenvalue weighted by molar-refractivity contribution is -0.147. The van der Waals surface area contributed by atoms with Gasteiger partial charge in [0.15, 0.2) is 11.6 Å². The van der Waals surface area contributed by atoms with E-state index in [9.17, 15) is 9.59 Å². The Labute approximate surface area is 161 Å². The van der Waals surface area contributed by atoms with Gasteiger partial charge in [0.25, 0.3) is 5.56 Å². The van der Waals surface area contributed by atoms with E-state index in [0.29, 0.717) is 16.4 Å². The Morgan fingerprint density at radius 3 is 2.78 bits per heavy atom. The Hall–Kier alpha value is -3.04. The molecule has 0 spiro atoms. The lowest BCUT2D eigenvalue weighted by Gasteiger charge is -2.06. The third kappa shape index (κ3) is 4.04. The molecule has 0 saturated heterocycles. The summed E-state index contributed by atoms with van der Waals surface area (Å²) in [5.41, 5.74) is 0.0556. The van der Waals surface area contributed by atoms with E-state index in [1.807, 2.05) is 35.7 Å². The number of hydrogen-bond donors (Lipinski definition) is 0. The second-order valence-corrected chi connectivity index (χ2v) is 7.33. The predicted octanol–water partition coefficient (Wildman–Crippen LogP) is 3.00. The lowest BCUT2D eigenvalue weighted by Crippen LogP contribution is -2.18. The minimum Gasteiger partial charge on any atom is -0.482 e. The van der Waals surface area contributed by atoms with Gasteiger partial charge in [0.2, 0.25) is 4.96 Å². The number of fused-ring (bicyclic) bond motifs is 1. The Balaban J connectivity index is 1.43. The molecule has 3 heterocycles. The van der Waals surface area contributed by atoms with Gasteiger partial charge in [-0.05, 0) is 23.6 Å². The van der Waals surface area contributed by atoms with E-state index >= 15 is 0 Å². The van der Waals surface area contributed by atoms with Crippen LogP contribution >= 0.6 is 22.7 Å². The second-order valence-electron chi connectivity index (χ2n) is 5.43. The lowest BCUT2D eigenvalue weighted by atomic mass is 10.3. The van der Waals surface area contributed by atoms with Crippen molar-refractivity contribution in [2.75, 3.05) is 6.61 Å². The highest BCUT2D eigenvalue weighted by Gasteiger charge is 2.12. The van der Waals surface area contributed by atoms with Gasteiger partial charge in [-0.1, -0.05) is 35.6 Å². The van der Waals surface area contributed by atoms with Crippen LogP contribution in [0.1, 0.15) is 5.69 Å². The maximum Gasteiger partial charge on any atom is 0.344 e. The number of nitrogens with zero attached hydrogens (tertiary/aromatic N) is 3.